The Kier molecular flexibility index (Phi) is 3.26. The summed E-state index contributed by atoms with van der Waals surface area (Å²) in [4.78, 5) is 4.98. The number of aliphatic hydroxyl groups is 1. The fourth-order valence-electron chi connectivity index (χ4n) is 1.17. The van der Waals surface area contributed by atoms with E-state index in [-0.39, 0.29) is 6.61 Å². The summed E-state index contributed by atoms with van der Waals surface area (Å²) in [5, 5.41) is 10.9. The predicted molar refractivity (Wildman–Crippen MR) is 63.5 cm³/mol. The van der Waals surface area contributed by atoms with E-state index < -0.39 is 0 Å². The van der Waals surface area contributed by atoms with E-state index >= 15 is 0 Å². The standard InChI is InChI=1S/C10H7Cl2NOS/c11-6-1-2-9(12)8(3-6)10-13-4-7(5-14)15-10/h1-4,14H,5H2. The fourth-order valence-corrected chi connectivity index (χ4v) is 2.40. The summed E-state index contributed by atoms with van der Waals surface area (Å²) in [7, 11) is 0. The van der Waals surface area contributed by atoms with Gasteiger partial charge in [-0.25, -0.2) is 4.98 Å². The van der Waals surface area contributed by atoms with Gasteiger partial charge in [0.2, 0.25) is 0 Å². The van der Waals surface area contributed by atoms with Gasteiger partial charge in [-0.3, -0.25) is 0 Å². The lowest BCUT2D eigenvalue weighted by atomic mass is 10.2. The van der Waals surface area contributed by atoms with E-state index in [2.05, 4.69) is 4.98 Å². The average Bonchev–Trinajstić information content (AvgIpc) is 2.70. The van der Waals surface area contributed by atoms with E-state index in [1.807, 2.05) is 0 Å². The quantitative estimate of drug-likeness (QED) is 0.894. The molecule has 1 aromatic heterocycles. The molecule has 2 rings (SSSR count). The Morgan fingerprint density at radius 3 is 2.80 bits per heavy atom. The number of nitrogens with zero attached hydrogens (tertiary/aromatic N) is 1. The van der Waals surface area contributed by atoms with Crippen LogP contribution in [-0.2, 0) is 6.61 Å². The highest BCUT2D eigenvalue weighted by Gasteiger charge is 2.08. The maximum absolute atomic E-state index is 8.93. The van der Waals surface area contributed by atoms with Crippen molar-refractivity contribution in [1.82, 2.24) is 4.98 Å². The van der Waals surface area contributed by atoms with Crippen LogP contribution in [0, 0.1) is 0 Å². The number of rotatable bonds is 2. The average molecular weight is 260 g/mol. The molecular weight excluding hydrogens is 253 g/mol. The van der Waals surface area contributed by atoms with Crippen molar-refractivity contribution >= 4 is 34.5 Å². The summed E-state index contributed by atoms with van der Waals surface area (Å²) < 4.78 is 0. The van der Waals surface area contributed by atoms with E-state index in [4.69, 9.17) is 28.3 Å². The van der Waals surface area contributed by atoms with Gasteiger partial charge >= 0.3 is 0 Å². The first-order valence-electron chi connectivity index (χ1n) is 4.21. The van der Waals surface area contributed by atoms with Crippen molar-refractivity contribution < 1.29 is 5.11 Å². The van der Waals surface area contributed by atoms with Gasteiger partial charge < -0.3 is 5.11 Å². The van der Waals surface area contributed by atoms with Crippen LogP contribution in [0.5, 0.6) is 0 Å². The van der Waals surface area contributed by atoms with Crippen molar-refractivity contribution in [2.45, 2.75) is 6.61 Å². The Bertz CT molecular complexity index is 484. The van der Waals surface area contributed by atoms with Crippen LogP contribution in [0.4, 0.5) is 0 Å². The van der Waals surface area contributed by atoms with Gasteiger partial charge in [0, 0.05) is 16.8 Å². The highest BCUT2D eigenvalue weighted by molar-refractivity contribution is 7.15. The fraction of sp³-hybridized carbons (Fsp3) is 0.100. The molecule has 78 valence electrons. The zero-order chi connectivity index (χ0) is 10.8. The largest absolute Gasteiger partial charge is 0.391 e. The molecule has 0 saturated carbocycles. The minimum Gasteiger partial charge on any atom is -0.391 e. The van der Waals surface area contributed by atoms with E-state index in [0.717, 1.165) is 15.4 Å². The third kappa shape index (κ3) is 2.32. The number of aromatic nitrogens is 1. The predicted octanol–water partition coefficient (Wildman–Crippen LogP) is 3.61. The second-order valence-electron chi connectivity index (χ2n) is 2.91. The molecule has 1 N–H and O–H groups in total. The molecule has 2 nitrogen and oxygen atoms in total. The van der Waals surface area contributed by atoms with Crippen molar-refractivity contribution in [1.29, 1.82) is 0 Å². The maximum Gasteiger partial charge on any atom is 0.125 e. The number of halogens is 2. The van der Waals surface area contributed by atoms with Crippen LogP contribution < -0.4 is 0 Å². The second-order valence-corrected chi connectivity index (χ2v) is 4.87. The molecule has 0 amide bonds. The SMILES string of the molecule is OCc1cnc(-c2cc(Cl)ccc2Cl)s1. The summed E-state index contributed by atoms with van der Waals surface area (Å²) in [6, 6.07) is 5.23. The molecule has 0 bridgehead atoms. The van der Waals surface area contributed by atoms with E-state index in [1.54, 1.807) is 24.4 Å². The van der Waals surface area contributed by atoms with E-state index in [9.17, 15) is 0 Å². The van der Waals surface area contributed by atoms with Crippen LogP contribution in [0.15, 0.2) is 24.4 Å². The molecule has 1 aromatic carbocycles. The molecule has 0 saturated heterocycles. The van der Waals surface area contributed by atoms with Gasteiger partial charge in [-0.15, -0.1) is 11.3 Å². The number of thiazole rings is 1. The number of hydrogen-bond acceptors (Lipinski definition) is 3. The highest BCUT2D eigenvalue weighted by atomic mass is 35.5. The maximum atomic E-state index is 8.93. The summed E-state index contributed by atoms with van der Waals surface area (Å²) in [5.41, 5.74) is 0.800. The number of aliphatic hydroxyl groups excluding tert-OH is 1. The van der Waals surface area contributed by atoms with Gasteiger partial charge in [0.15, 0.2) is 0 Å². The Balaban J connectivity index is 2.48. The first-order valence-corrected chi connectivity index (χ1v) is 5.79. The first-order chi connectivity index (χ1) is 7.20. The molecule has 0 aliphatic carbocycles. The minimum absolute atomic E-state index is 0.00412. The first kappa shape index (κ1) is 10.9. The molecule has 0 fully saturated rings. The van der Waals surface area contributed by atoms with Crippen LogP contribution >= 0.6 is 34.5 Å². The summed E-state index contributed by atoms with van der Waals surface area (Å²) in [5.74, 6) is 0. The van der Waals surface area contributed by atoms with Gasteiger partial charge in [-0.05, 0) is 18.2 Å². The van der Waals surface area contributed by atoms with Gasteiger partial charge in [0.25, 0.3) is 0 Å². The van der Waals surface area contributed by atoms with Gasteiger partial charge in [0.05, 0.1) is 16.5 Å². The lowest BCUT2D eigenvalue weighted by molar-refractivity contribution is 0.285. The number of benzene rings is 1. The summed E-state index contributed by atoms with van der Waals surface area (Å²) in [6.45, 7) is -0.00412. The Hall–Kier alpha value is -0.610. The lowest BCUT2D eigenvalue weighted by Crippen LogP contribution is -1.77. The van der Waals surface area contributed by atoms with E-state index in [0.29, 0.717) is 10.0 Å². The van der Waals surface area contributed by atoms with Crippen molar-refractivity contribution in [3.63, 3.8) is 0 Å². The molecule has 5 heteroatoms. The molecule has 0 aliphatic heterocycles. The third-order valence-electron chi connectivity index (χ3n) is 1.87. The van der Waals surface area contributed by atoms with Crippen LogP contribution in [-0.4, -0.2) is 10.1 Å². The Morgan fingerprint density at radius 2 is 2.13 bits per heavy atom. The summed E-state index contributed by atoms with van der Waals surface area (Å²) >= 11 is 13.3. The zero-order valence-corrected chi connectivity index (χ0v) is 9.90. The summed E-state index contributed by atoms with van der Waals surface area (Å²) in [6.07, 6.45) is 1.64. The normalized spacial score (nSPS) is 10.6. The molecule has 0 atom stereocenters. The van der Waals surface area contributed by atoms with Crippen molar-refractivity contribution in [3.05, 3.63) is 39.3 Å². The molecular formula is C10H7Cl2NOS. The Morgan fingerprint density at radius 1 is 1.33 bits per heavy atom. The molecule has 1 heterocycles. The molecule has 0 aliphatic rings. The monoisotopic (exact) mass is 259 g/mol. The van der Waals surface area contributed by atoms with Crippen molar-refractivity contribution in [3.8, 4) is 10.6 Å². The van der Waals surface area contributed by atoms with Crippen LogP contribution in [0.3, 0.4) is 0 Å². The zero-order valence-electron chi connectivity index (χ0n) is 7.58. The lowest BCUT2D eigenvalue weighted by Gasteiger charge is -2.00. The van der Waals surface area contributed by atoms with Crippen LogP contribution in [0.25, 0.3) is 10.6 Å². The Labute approximate surface area is 101 Å². The van der Waals surface area contributed by atoms with Crippen LogP contribution in [0.1, 0.15) is 4.88 Å². The minimum atomic E-state index is -0.00412. The van der Waals surface area contributed by atoms with E-state index in [1.165, 1.54) is 11.3 Å². The topological polar surface area (TPSA) is 33.1 Å². The van der Waals surface area contributed by atoms with Gasteiger partial charge in [-0.2, -0.15) is 0 Å². The number of hydrogen-bond donors (Lipinski definition) is 1. The molecule has 15 heavy (non-hydrogen) atoms. The van der Waals surface area contributed by atoms with Crippen molar-refractivity contribution in [2.75, 3.05) is 0 Å². The smallest absolute Gasteiger partial charge is 0.125 e. The third-order valence-corrected chi connectivity index (χ3v) is 3.45. The van der Waals surface area contributed by atoms with Gasteiger partial charge in [-0.1, -0.05) is 23.2 Å². The highest BCUT2D eigenvalue weighted by Crippen LogP contribution is 2.33. The van der Waals surface area contributed by atoms with Crippen LogP contribution in [0.2, 0.25) is 10.0 Å². The molecule has 0 unspecified atom stereocenters. The van der Waals surface area contributed by atoms with Gasteiger partial charge in [0.1, 0.15) is 5.01 Å². The second kappa shape index (κ2) is 4.49. The molecule has 0 radical (unpaired) electrons. The molecule has 2 aromatic rings. The molecule has 0 spiro atoms. The van der Waals surface area contributed by atoms with Crippen molar-refractivity contribution in [2.24, 2.45) is 0 Å².